The average molecular weight is 432 g/mol. The van der Waals surface area contributed by atoms with Gasteiger partial charge in [0.25, 0.3) is 5.56 Å². The minimum atomic E-state index is -5.21. The van der Waals surface area contributed by atoms with Crippen LogP contribution < -0.4 is 10.9 Å². The largest absolute Gasteiger partial charge is 0.440 e. The van der Waals surface area contributed by atoms with Crippen molar-refractivity contribution in [1.82, 2.24) is 14.8 Å². The van der Waals surface area contributed by atoms with E-state index >= 15 is 0 Å². The number of benzene rings is 1. The molecule has 158 valence electrons. The highest BCUT2D eigenvalue weighted by molar-refractivity contribution is 5.61. The van der Waals surface area contributed by atoms with E-state index in [2.05, 4.69) is 16.8 Å². The van der Waals surface area contributed by atoms with Gasteiger partial charge in [-0.05, 0) is 18.2 Å². The molecule has 0 aliphatic rings. The molecule has 5 nitrogen and oxygen atoms in total. The maximum atomic E-state index is 13.1. The third-order valence-corrected chi connectivity index (χ3v) is 3.43. The Balaban J connectivity index is 2.68. The van der Waals surface area contributed by atoms with Gasteiger partial charge in [-0.15, -0.1) is 16.8 Å². The predicted molar refractivity (Wildman–Crippen MR) is 81.2 cm³/mol. The fraction of sp³-hybridized carbons (Fsp3) is 0.267. The zero-order chi connectivity index (χ0) is 22.2. The number of anilines is 2. The molecule has 0 aliphatic heterocycles. The molecule has 1 aromatic heterocycles. The quantitative estimate of drug-likeness (QED) is 0.566. The molecule has 1 aromatic carbocycles. The summed E-state index contributed by atoms with van der Waals surface area (Å²) < 4.78 is 117. The van der Waals surface area contributed by atoms with Crippen molar-refractivity contribution >= 4 is 11.6 Å². The molecule has 0 aliphatic carbocycles. The second kappa shape index (κ2) is 7.40. The van der Waals surface area contributed by atoms with Crippen molar-refractivity contribution < 1.29 is 39.5 Å². The Morgan fingerprint density at radius 3 is 2.07 bits per heavy atom. The summed E-state index contributed by atoms with van der Waals surface area (Å²) in [6, 6.07) is 0.409. The summed E-state index contributed by atoms with van der Waals surface area (Å²) in [4.78, 5) is 12.0. The maximum Gasteiger partial charge on any atom is 0.440 e. The number of allylic oxidation sites excluding steroid dienone is 1. The Hall–Kier alpha value is -3.06. The highest BCUT2D eigenvalue weighted by Crippen LogP contribution is 2.39. The van der Waals surface area contributed by atoms with Gasteiger partial charge in [-0.25, -0.2) is 0 Å². The highest BCUT2D eigenvalue weighted by atomic mass is 19.4. The SMILES string of the molecule is C=CCn1c(Nc2cc(C(F)(F)F)ccc2C(F)(F)F)nnc(C(F)(F)F)c1=O. The molecule has 1 N–H and O–H groups in total. The van der Waals surface area contributed by atoms with Crippen molar-refractivity contribution in [2.24, 2.45) is 0 Å². The van der Waals surface area contributed by atoms with Gasteiger partial charge in [-0.3, -0.25) is 9.36 Å². The van der Waals surface area contributed by atoms with E-state index in [9.17, 15) is 44.3 Å². The summed E-state index contributed by atoms with van der Waals surface area (Å²) in [7, 11) is 0. The number of hydrogen-bond donors (Lipinski definition) is 1. The van der Waals surface area contributed by atoms with Gasteiger partial charge in [0.05, 0.1) is 16.8 Å². The van der Waals surface area contributed by atoms with Crippen molar-refractivity contribution in [3.05, 3.63) is 58.0 Å². The number of rotatable bonds is 4. The molecule has 0 amide bonds. The van der Waals surface area contributed by atoms with Crippen molar-refractivity contribution in [3.63, 3.8) is 0 Å². The minimum absolute atomic E-state index is 0.0882. The topological polar surface area (TPSA) is 59.8 Å². The Morgan fingerprint density at radius 2 is 1.59 bits per heavy atom. The zero-order valence-corrected chi connectivity index (χ0v) is 13.9. The van der Waals surface area contributed by atoms with Gasteiger partial charge in [0.15, 0.2) is 0 Å². The van der Waals surface area contributed by atoms with Crippen LogP contribution in [0, 0.1) is 0 Å². The number of nitrogens with one attached hydrogen (secondary N) is 1. The normalized spacial score (nSPS) is 12.7. The Morgan fingerprint density at radius 1 is 0.966 bits per heavy atom. The van der Waals surface area contributed by atoms with E-state index in [1.54, 1.807) is 0 Å². The summed E-state index contributed by atoms with van der Waals surface area (Å²) in [5.41, 5.74) is -7.94. The van der Waals surface area contributed by atoms with Gasteiger partial charge in [-0.2, -0.15) is 39.5 Å². The molecule has 0 saturated carbocycles. The van der Waals surface area contributed by atoms with Crippen LogP contribution in [0.25, 0.3) is 0 Å². The summed E-state index contributed by atoms with van der Waals surface area (Å²) in [5, 5.41) is 7.48. The number of halogens is 9. The second-order valence-electron chi connectivity index (χ2n) is 5.46. The predicted octanol–water partition coefficient (Wildman–Crippen LogP) is 4.62. The number of nitrogens with zero attached hydrogens (tertiary/aromatic N) is 3. The standard InChI is InChI=1S/C15H9F9N4O/c1-2-5-28-11(29)10(15(22,23)24)26-27-12(28)25-9-6-7(13(16,17)18)3-4-8(9)14(19,20)21/h2-4,6H,1,5H2,(H,25,27). The van der Waals surface area contributed by atoms with Crippen molar-refractivity contribution in [3.8, 4) is 0 Å². The zero-order valence-electron chi connectivity index (χ0n) is 13.9. The first-order chi connectivity index (χ1) is 13.2. The van der Waals surface area contributed by atoms with Crippen LogP contribution >= 0.6 is 0 Å². The molecule has 0 bridgehead atoms. The molecule has 29 heavy (non-hydrogen) atoms. The van der Waals surface area contributed by atoms with Crippen LogP contribution in [0.2, 0.25) is 0 Å². The lowest BCUT2D eigenvalue weighted by Crippen LogP contribution is -2.32. The molecule has 1 heterocycles. The lowest BCUT2D eigenvalue weighted by molar-refractivity contribution is -0.143. The molecule has 0 saturated heterocycles. The van der Waals surface area contributed by atoms with Crippen molar-refractivity contribution in [2.45, 2.75) is 25.1 Å². The van der Waals surface area contributed by atoms with Crippen LogP contribution in [0.4, 0.5) is 51.1 Å². The summed E-state index contributed by atoms with van der Waals surface area (Å²) >= 11 is 0. The van der Waals surface area contributed by atoms with Crippen LogP contribution in [-0.4, -0.2) is 14.8 Å². The number of aromatic nitrogens is 3. The van der Waals surface area contributed by atoms with Gasteiger partial charge >= 0.3 is 18.5 Å². The Bertz CT molecular complexity index is 974. The fourth-order valence-electron chi connectivity index (χ4n) is 2.18. The van der Waals surface area contributed by atoms with Gasteiger partial charge in [0.2, 0.25) is 11.6 Å². The molecule has 0 fully saturated rings. The smallest absolute Gasteiger partial charge is 0.324 e. The first-order valence-electron chi connectivity index (χ1n) is 7.37. The third-order valence-electron chi connectivity index (χ3n) is 3.43. The van der Waals surface area contributed by atoms with Crippen LogP contribution in [0.3, 0.4) is 0 Å². The molecule has 0 spiro atoms. The molecule has 0 radical (unpaired) electrons. The maximum absolute atomic E-state index is 13.1. The van der Waals surface area contributed by atoms with Gasteiger partial charge in [0, 0.05) is 6.54 Å². The fourth-order valence-corrected chi connectivity index (χ4v) is 2.18. The van der Waals surface area contributed by atoms with Gasteiger partial charge in [0.1, 0.15) is 0 Å². The van der Waals surface area contributed by atoms with E-state index in [-0.39, 0.29) is 22.8 Å². The molecule has 0 unspecified atom stereocenters. The van der Waals surface area contributed by atoms with E-state index in [1.807, 2.05) is 5.32 Å². The molecule has 2 aromatic rings. The van der Waals surface area contributed by atoms with Crippen molar-refractivity contribution in [2.75, 3.05) is 5.32 Å². The molecule has 2 rings (SSSR count). The van der Waals surface area contributed by atoms with Crippen LogP contribution in [0.15, 0.2) is 35.6 Å². The number of hydrogen-bond acceptors (Lipinski definition) is 4. The highest BCUT2D eigenvalue weighted by Gasteiger charge is 2.39. The first kappa shape index (κ1) is 22.2. The molecular weight excluding hydrogens is 423 g/mol. The summed E-state index contributed by atoms with van der Waals surface area (Å²) in [5.74, 6) is -0.937. The van der Waals surface area contributed by atoms with E-state index in [0.29, 0.717) is 0 Å². The second-order valence-corrected chi connectivity index (χ2v) is 5.46. The Labute approximate surface area is 155 Å². The summed E-state index contributed by atoms with van der Waals surface area (Å²) in [6.07, 6.45) is -14.4. The Kier molecular flexibility index (Phi) is 5.68. The van der Waals surface area contributed by atoms with Crippen molar-refractivity contribution in [1.29, 1.82) is 0 Å². The lowest BCUT2D eigenvalue weighted by atomic mass is 10.1. The monoisotopic (exact) mass is 432 g/mol. The third kappa shape index (κ3) is 4.86. The van der Waals surface area contributed by atoms with Crippen LogP contribution in [-0.2, 0) is 25.1 Å². The average Bonchev–Trinajstić information content (AvgIpc) is 2.55. The van der Waals surface area contributed by atoms with Crippen LogP contribution in [0.5, 0.6) is 0 Å². The lowest BCUT2D eigenvalue weighted by Gasteiger charge is -2.18. The van der Waals surface area contributed by atoms with E-state index in [0.717, 1.165) is 6.08 Å². The first-order valence-corrected chi connectivity index (χ1v) is 7.37. The molecule has 0 atom stereocenters. The van der Waals surface area contributed by atoms with E-state index in [4.69, 9.17) is 0 Å². The van der Waals surface area contributed by atoms with Gasteiger partial charge < -0.3 is 5.32 Å². The summed E-state index contributed by atoms with van der Waals surface area (Å²) in [6.45, 7) is 2.56. The van der Waals surface area contributed by atoms with Gasteiger partial charge in [-0.1, -0.05) is 6.08 Å². The van der Waals surface area contributed by atoms with E-state index in [1.165, 1.54) is 0 Å². The minimum Gasteiger partial charge on any atom is -0.324 e. The molecule has 14 heteroatoms. The number of alkyl halides is 9. The van der Waals surface area contributed by atoms with E-state index < -0.39 is 59.1 Å². The van der Waals surface area contributed by atoms with Crippen LogP contribution in [0.1, 0.15) is 16.8 Å². The molecular formula is C15H9F9N4O.